The lowest BCUT2D eigenvalue weighted by Gasteiger charge is -2.33. The van der Waals surface area contributed by atoms with Crippen molar-refractivity contribution in [2.45, 2.75) is 25.3 Å². The van der Waals surface area contributed by atoms with Crippen LogP contribution in [0.1, 0.15) is 24.8 Å². The second-order valence-corrected chi connectivity index (χ2v) is 5.05. The number of nitrogens with one attached hydrogen (secondary N) is 1. The van der Waals surface area contributed by atoms with Crippen molar-refractivity contribution in [1.82, 2.24) is 10.2 Å². The molecule has 112 valence electrons. The highest BCUT2D eigenvalue weighted by Crippen LogP contribution is 2.18. The first kappa shape index (κ1) is 15.2. The molecule has 0 spiro atoms. The van der Waals surface area contributed by atoms with E-state index in [0.717, 1.165) is 12.8 Å². The molecule has 1 fully saturated rings. The largest absolute Gasteiger partial charge is 0.357 e. The van der Waals surface area contributed by atoms with Crippen LogP contribution in [0.4, 0.5) is 4.39 Å². The average Bonchev–Trinajstić information content (AvgIpc) is 2.52. The number of amides is 2. The molecule has 5 heteroatoms. The van der Waals surface area contributed by atoms with Gasteiger partial charge < -0.3 is 10.2 Å². The van der Waals surface area contributed by atoms with E-state index in [1.165, 1.54) is 18.2 Å². The van der Waals surface area contributed by atoms with Gasteiger partial charge in [0.2, 0.25) is 11.8 Å². The monoisotopic (exact) mass is 290 g/mol. The number of likely N-dealkylation sites (tertiary alicyclic amines) is 1. The SMILES string of the molecule is CNC(=O)C1CCCCN1C(=O)C=Cc1cccc(F)c1. The van der Waals surface area contributed by atoms with Crippen LogP contribution in [-0.4, -0.2) is 36.3 Å². The third-order valence-corrected chi connectivity index (χ3v) is 3.60. The molecular formula is C16H19FN2O2. The summed E-state index contributed by atoms with van der Waals surface area (Å²) in [5.74, 6) is -0.694. The van der Waals surface area contributed by atoms with Crippen molar-refractivity contribution in [2.75, 3.05) is 13.6 Å². The Balaban J connectivity index is 2.08. The van der Waals surface area contributed by atoms with Crippen LogP contribution in [0.5, 0.6) is 0 Å². The van der Waals surface area contributed by atoms with Crippen molar-refractivity contribution in [1.29, 1.82) is 0 Å². The summed E-state index contributed by atoms with van der Waals surface area (Å²) in [6, 6.07) is 5.61. The molecule has 0 saturated carbocycles. The maximum atomic E-state index is 13.1. The molecule has 0 bridgehead atoms. The van der Waals surface area contributed by atoms with Crippen LogP contribution in [0.15, 0.2) is 30.3 Å². The van der Waals surface area contributed by atoms with Crippen LogP contribution in [0.2, 0.25) is 0 Å². The van der Waals surface area contributed by atoms with Crippen molar-refractivity contribution in [3.05, 3.63) is 41.7 Å². The maximum Gasteiger partial charge on any atom is 0.247 e. The van der Waals surface area contributed by atoms with E-state index in [0.29, 0.717) is 18.5 Å². The Labute approximate surface area is 123 Å². The molecular weight excluding hydrogens is 271 g/mol. The van der Waals surface area contributed by atoms with Gasteiger partial charge in [-0.05, 0) is 43.0 Å². The van der Waals surface area contributed by atoms with Gasteiger partial charge in [-0.1, -0.05) is 12.1 Å². The lowest BCUT2D eigenvalue weighted by molar-refractivity contribution is -0.138. The summed E-state index contributed by atoms with van der Waals surface area (Å²) in [7, 11) is 1.57. The number of hydrogen-bond donors (Lipinski definition) is 1. The molecule has 1 aliphatic rings. The molecule has 1 heterocycles. The Morgan fingerprint density at radius 2 is 2.19 bits per heavy atom. The van der Waals surface area contributed by atoms with Gasteiger partial charge in [-0.2, -0.15) is 0 Å². The molecule has 0 aliphatic carbocycles. The lowest BCUT2D eigenvalue weighted by Crippen LogP contribution is -2.50. The van der Waals surface area contributed by atoms with Crippen LogP contribution < -0.4 is 5.32 Å². The second-order valence-electron chi connectivity index (χ2n) is 5.05. The Hall–Kier alpha value is -2.17. The number of carbonyl (C=O) groups excluding carboxylic acids is 2. The highest BCUT2D eigenvalue weighted by atomic mass is 19.1. The van der Waals surface area contributed by atoms with Crippen molar-refractivity contribution < 1.29 is 14.0 Å². The molecule has 1 unspecified atom stereocenters. The number of rotatable bonds is 3. The summed E-state index contributed by atoms with van der Waals surface area (Å²) < 4.78 is 13.1. The number of nitrogens with zero attached hydrogens (tertiary/aromatic N) is 1. The van der Waals surface area contributed by atoms with Gasteiger partial charge in [0.15, 0.2) is 0 Å². The Kier molecular flexibility index (Phi) is 5.09. The quantitative estimate of drug-likeness (QED) is 0.865. The molecule has 1 N–H and O–H groups in total. The van der Waals surface area contributed by atoms with Crippen LogP contribution in [-0.2, 0) is 9.59 Å². The molecule has 1 aromatic rings. The second kappa shape index (κ2) is 7.02. The molecule has 4 nitrogen and oxygen atoms in total. The minimum absolute atomic E-state index is 0.137. The van der Waals surface area contributed by atoms with Crippen LogP contribution in [0.3, 0.4) is 0 Å². The van der Waals surface area contributed by atoms with E-state index in [4.69, 9.17) is 0 Å². The topological polar surface area (TPSA) is 49.4 Å². The summed E-state index contributed by atoms with van der Waals surface area (Å²) >= 11 is 0. The van der Waals surface area contributed by atoms with Gasteiger partial charge in [0.05, 0.1) is 0 Å². The van der Waals surface area contributed by atoms with Crippen molar-refractivity contribution in [3.8, 4) is 0 Å². The first-order chi connectivity index (χ1) is 10.1. The van der Waals surface area contributed by atoms with Gasteiger partial charge >= 0.3 is 0 Å². The number of hydrogen-bond acceptors (Lipinski definition) is 2. The fourth-order valence-corrected chi connectivity index (χ4v) is 2.51. The summed E-state index contributed by atoms with van der Waals surface area (Å²) in [6.45, 7) is 0.574. The smallest absolute Gasteiger partial charge is 0.247 e. The molecule has 21 heavy (non-hydrogen) atoms. The zero-order valence-corrected chi connectivity index (χ0v) is 12.0. The fraction of sp³-hybridized carbons (Fsp3) is 0.375. The van der Waals surface area contributed by atoms with E-state index in [-0.39, 0.29) is 17.6 Å². The summed E-state index contributed by atoms with van der Waals surface area (Å²) in [5.41, 5.74) is 0.622. The molecule has 1 saturated heterocycles. The first-order valence-corrected chi connectivity index (χ1v) is 7.07. The Morgan fingerprint density at radius 3 is 2.90 bits per heavy atom. The van der Waals surface area contributed by atoms with E-state index in [1.807, 2.05) is 0 Å². The average molecular weight is 290 g/mol. The third kappa shape index (κ3) is 3.90. The molecule has 1 aliphatic heterocycles. The molecule has 2 rings (SSSR count). The minimum atomic E-state index is -0.409. The zero-order valence-electron chi connectivity index (χ0n) is 12.0. The molecule has 1 atom stereocenters. The number of likely N-dealkylation sites (N-methyl/N-ethyl adjacent to an activating group) is 1. The van der Waals surface area contributed by atoms with Crippen LogP contribution in [0.25, 0.3) is 6.08 Å². The highest BCUT2D eigenvalue weighted by Gasteiger charge is 2.30. The summed E-state index contributed by atoms with van der Waals surface area (Å²) in [4.78, 5) is 25.7. The van der Waals surface area contributed by atoms with E-state index in [1.54, 1.807) is 30.2 Å². The van der Waals surface area contributed by atoms with Crippen LogP contribution in [0, 0.1) is 5.82 Å². The number of halogens is 1. The minimum Gasteiger partial charge on any atom is -0.357 e. The van der Waals surface area contributed by atoms with Crippen LogP contribution >= 0.6 is 0 Å². The zero-order chi connectivity index (χ0) is 15.2. The predicted molar refractivity (Wildman–Crippen MR) is 78.9 cm³/mol. The first-order valence-electron chi connectivity index (χ1n) is 7.07. The number of piperidine rings is 1. The van der Waals surface area contributed by atoms with E-state index in [2.05, 4.69) is 5.32 Å². The van der Waals surface area contributed by atoms with Crippen molar-refractivity contribution in [2.24, 2.45) is 0 Å². The van der Waals surface area contributed by atoms with Gasteiger partial charge in [0.25, 0.3) is 0 Å². The Morgan fingerprint density at radius 1 is 1.38 bits per heavy atom. The van der Waals surface area contributed by atoms with Gasteiger partial charge in [0.1, 0.15) is 11.9 Å². The van der Waals surface area contributed by atoms with Crippen molar-refractivity contribution >= 4 is 17.9 Å². The molecule has 1 aromatic carbocycles. The van der Waals surface area contributed by atoms with Gasteiger partial charge in [-0.15, -0.1) is 0 Å². The predicted octanol–water partition coefficient (Wildman–Crippen LogP) is 1.97. The maximum absolute atomic E-state index is 13.1. The normalized spacial score (nSPS) is 18.8. The van der Waals surface area contributed by atoms with E-state index < -0.39 is 6.04 Å². The lowest BCUT2D eigenvalue weighted by atomic mass is 10.0. The number of benzene rings is 1. The molecule has 0 aromatic heterocycles. The van der Waals surface area contributed by atoms with Gasteiger partial charge in [-0.3, -0.25) is 9.59 Å². The Bertz CT molecular complexity index is 557. The third-order valence-electron chi connectivity index (χ3n) is 3.60. The standard InChI is InChI=1S/C16H19FN2O2/c1-18-16(21)14-7-2-3-10-19(14)15(20)9-8-12-5-4-6-13(17)11-12/h4-6,8-9,11,14H,2-3,7,10H2,1H3,(H,18,21). The summed E-state index contributed by atoms with van der Waals surface area (Å²) in [6.07, 6.45) is 5.48. The van der Waals surface area contributed by atoms with Crippen molar-refractivity contribution in [3.63, 3.8) is 0 Å². The summed E-state index contributed by atoms with van der Waals surface area (Å²) in [5, 5.41) is 2.59. The number of carbonyl (C=O) groups is 2. The molecule has 0 radical (unpaired) electrons. The van der Waals surface area contributed by atoms with Gasteiger partial charge in [0, 0.05) is 19.7 Å². The highest BCUT2D eigenvalue weighted by molar-refractivity contribution is 5.95. The molecule has 2 amide bonds. The van der Waals surface area contributed by atoms with E-state index >= 15 is 0 Å². The van der Waals surface area contributed by atoms with E-state index in [9.17, 15) is 14.0 Å². The van der Waals surface area contributed by atoms with Gasteiger partial charge in [-0.25, -0.2) is 4.39 Å². The fourth-order valence-electron chi connectivity index (χ4n) is 2.51.